The molecular weight excluding hydrogens is 452 g/mol. The van der Waals surface area contributed by atoms with E-state index in [0.717, 1.165) is 54.1 Å². The molecule has 0 saturated carbocycles. The van der Waals surface area contributed by atoms with Gasteiger partial charge in [-0.15, -0.1) is 0 Å². The number of benzene rings is 2. The monoisotopic (exact) mass is 484 g/mol. The first-order valence-corrected chi connectivity index (χ1v) is 12.6. The molecule has 186 valence electrons. The Labute approximate surface area is 211 Å². The number of hydrogen-bond acceptors (Lipinski definition) is 5. The van der Waals surface area contributed by atoms with Gasteiger partial charge in [0.25, 0.3) is 5.91 Å². The molecule has 1 aliphatic rings. The average Bonchev–Trinajstić information content (AvgIpc) is 3.37. The second-order valence-electron chi connectivity index (χ2n) is 9.24. The molecule has 1 amide bonds. The maximum absolute atomic E-state index is 13.3. The summed E-state index contributed by atoms with van der Waals surface area (Å²) in [5.74, 6) is 1.48. The quantitative estimate of drug-likeness (QED) is 0.366. The first-order chi connectivity index (χ1) is 17.7. The van der Waals surface area contributed by atoms with Crippen LogP contribution in [0.1, 0.15) is 53.7 Å². The maximum Gasteiger partial charge on any atom is 0.253 e. The Morgan fingerprint density at radius 3 is 2.50 bits per heavy atom. The summed E-state index contributed by atoms with van der Waals surface area (Å²) >= 11 is 0. The molecule has 0 aliphatic carbocycles. The fourth-order valence-corrected chi connectivity index (χ4v) is 4.88. The fraction of sp³-hybridized carbons (Fsp3) is 0.345. The highest BCUT2D eigenvalue weighted by Gasteiger charge is 2.18. The molecule has 5 rings (SSSR count). The molecule has 1 aliphatic heterocycles. The molecule has 36 heavy (non-hydrogen) atoms. The van der Waals surface area contributed by atoms with E-state index in [4.69, 9.17) is 14.5 Å². The average molecular weight is 485 g/mol. The smallest absolute Gasteiger partial charge is 0.253 e. The second kappa shape index (κ2) is 10.8. The summed E-state index contributed by atoms with van der Waals surface area (Å²) in [6.07, 6.45) is 12.1. The summed E-state index contributed by atoms with van der Waals surface area (Å²) in [5.41, 5.74) is 5.13. The van der Waals surface area contributed by atoms with Crippen molar-refractivity contribution in [3.63, 3.8) is 0 Å². The summed E-state index contributed by atoms with van der Waals surface area (Å²) in [4.78, 5) is 24.8. The number of aromatic nitrogens is 3. The van der Waals surface area contributed by atoms with Crippen molar-refractivity contribution in [2.24, 2.45) is 0 Å². The molecule has 0 N–H and O–H groups in total. The Kier molecular flexibility index (Phi) is 7.16. The van der Waals surface area contributed by atoms with Crippen molar-refractivity contribution >= 4 is 11.6 Å². The second-order valence-corrected chi connectivity index (χ2v) is 9.24. The molecule has 7 heteroatoms. The topological polar surface area (TPSA) is 69.0 Å². The molecule has 7 nitrogen and oxygen atoms in total. The third kappa shape index (κ3) is 5.05. The first kappa shape index (κ1) is 23.9. The van der Waals surface area contributed by atoms with E-state index in [0.29, 0.717) is 23.5 Å². The summed E-state index contributed by atoms with van der Waals surface area (Å²) < 4.78 is 12.8. The van der Waals surface area contributed by atoms with Gasteiger partial charge in [0.05, 0.1) is 25.6 Å². The van der Waals surface area contributed by atoms with Crippen LogP contribution in [0.3, 0.4) is 0 Å². The number of fused-ring (bicyclic) bond motifs is 1. The lowest BCUT2D eigenvalue weighted by atomic mass is 10.0. The number of hydrogen-bond donors (Lipinski definition) is 0. The Morgan fingerprint density at radius 2 is 1.72 bits per heavy atom. The predicted octanol–water partition coefficient (Wildman–Crippen LogP) is 5.41. The van der Waals surface area contributed by atoms with Gasteiger partial charge in [-0.3, -0.25) is 4.79 Å². The molecule has 0 atom stereocenters. The lowest BCUT2D eigenvalue weighted by Crippen LogP contribution is -2.33. The van der Waals surface area contributed by atoms with Gasteiger partial charge in [-0.05, 0) is 42.7 Å². The molecule has 0 spiro atoms. The summed E-state index contributed by atoms with van der Waals surface area (Å²) in [6.45, 7) is 1.66. The van der Waals surface area contributed by atoms with E-state index in [1.54, 1.807) is 20.4 Å². The van der Waals surface area contributed by atoms with Crippen LogP contribution in [0.4, 0.5) is 0 Å². The van der Waals surface area contributed by atoms with Crippen LogP contribution in [0.25, 0.3) is 16.9 Å². The zero-order chi connectivity index (χ0) is 24.9. The van der Waals surface area contributed by atoms with E-state index in [9.17, 15) is 4.79 Å². The summed E-state index contributed by atoms with van der Waals surface area (Å²) in [7, 11) is 3.26. The van der Waals surface area contributed by atoms with Crippen molar-refractivity contribution < 1.29 is 14.3 Å². The van der Waals surface area contributed by atoms with Crippen molar-refractivity contribution in [2.75, 3.05) is 27.3 Å². The Bertz CT molecular complexity index is 1360. The minimum absolute atomic E-state index is 0.105. The van der Waals surface area contributed by atoms with Crippen LogP contribution in [-0.2, 0) is 6.42 Å². The number of methoxy groups -OCH3 is 2. The van der Waals surface area contributed by atoms with Gasteiger partial charge in [-0.25, -0.2) is 9.97 Å². The predicted molar refractivity (Wildman–Crippen MR) is 140 cm³/mol. The Hall–Kier alpha value is -3.87. The van der Waals surface area contributed by atoms with E-state index in [-0.39, 0.29) is 5.91 Å². The molecule has 4 aromatic rings. The lowest BCUT2D eigenvalue weighted by Gasteiger charge is -2.25. The fourth-order valence-electron chi connectivity index (χ4n) is 4.88. The van der Waals surface area contributed by atoms with Crippen LogP contribution in [0.5, 0.6) is 11.5 Å². The van der Waals surface area contributed by atoms with Gasteiger partial charge in [0.15, 0.2) is 17.1 Å². The van der Waals surface area contributed by atoms with Crippen LogP contribution in [0, 0.1) is 0 Å². The van der Waals surface area contributed by atoms with Gasteiger partial charge < -0.3 is 18.8 Å². The van der Waals surface area contributed by atoms with Crippen molar-refractivity contribution in [3.8, 4) is 22.8 Å². The van der Waals surface area contributed by atoms with Crippen molar-refractivity contribution in [1.82, 2.24) is 19.3 Å². The van der Waals surface area contributed by atoms with Crippen molar-refractivity contribution in [1.29, 1.82) is 0 Å². The van der Waals surface area contributed by atoms with Crippen molar-refractivity contribution in [3.05, 3.63) is 77.9 Å². The standard InChI is InChI=1S/C29H32N4O3/c1-35-26-12-11-21(18-27(26)36-2)17-24-28-30-13-16-33(28)20-25(31-24)22-9-8-10-23(19-22)29(34)32-14-6-4-3-5-7-15-32/h8-13,16,18-20H,3-7,14-15,17H2,1-2H3. The van der Waals surface area contributed by atoms with E-state index in [1.807, 2.05) is 64.2 Å². The SMILES string of the molecule is COc1ccc(Cc2nc(-c3cccc(C(=O)N4CCCCCCC4)c3)cn3ccnc23)cc1OC. The molecule has 1 saturated heterocycles. The van der Waals surface area contributed by atoms with E-state index >= 15 is 0 Å². The lowest BCUT2D eigenvalue weighted by molar-refractivity contribution is 0.0742. The molecule has 0 radical (unpaired) electrons. The largest absolute Gasteiger partial charge is 0.493 e. The molecule has 2 aromatic heterocycles. The minimum atomic E-state index is 0.105. The van der Waals surface area contributed by atoms with E-state index in [2.05, 4.69) is 4.98 Å². The number of rotatable bonds is 6. The van der Waals surface area contributed by atoms with Crippen LogP contribution < -0.4 is 9.47 Å². The van der Waals surface area contributed by atoms with Crippen molar-refractivity contribution in [2.45, 2.75) is 38.5 Å². The summed E-state index contributed by atoms with van der Waals surface area (Å²) in [5, 5.41) is 0. The highest BCUT2D eigenvalue weighted by atomic mass is 16.5. The number of ether oxygens (including phenoxy) is 2. The number of imidazole rings is 1. The molecule has 2 aromatic carbocycles. The highest BCUT2D eigenvalue weighted by molar-refractivity contribution is 5.95. The Morgan fingerprint density at radius 1 is 0.944 bits per heavy atom. The Balaban J connectivity index is 1.46. The molecule has 0 unspecified atom stereocenters. The van der Waals surface area contributed by atoms with Crippen LogP contribution >= 0.6 is 0 Å². The molecule has 1 fully saturated rings. The van der Waals surface area contributed by atoms with Crippen LogP contribution in [-0.4, -0.2) is 52.5 Å². The first-order valence-electron chi connectivity index (χ1n) is 12.6. The number of carbonyl (C=O) groups excluding carboxylic acids is 1. The third-order valence-electron chi connectivity index (χ3n) is 6.81. The molecular formula is C29H32N4O3. The van der Waals surface area contributed by atoms with E-state index < -0.39 is 0 Å². The zero-order valence-corrected chi connectivity index (χ0v) is 20.9. The third-order valence-corrected chi connectivity index (χ3v) is 6.81. The minimum Gasteiger partial charge on any atom is -0.493 e. The van der Waals surface area contributed by atoms with Gasteiger partial charge in [-0.1, -0.05) is 37.5 Å². The van der Waals surface area contributed by atoms with Gasteiger partial charge in [0, 0.05) is 49.2 Å². The van der Waals surface area contributed by atoms with Gasteiger partial charge in [0.1, 0.15) is 0 Å². The molecule has 3 heterocycles. The zero-order valence-electron chi connectivity index (χ0n) is 20.9. The van der Waals surface area contributed by atoms with Crippen LogP contribution in [0.15, 0.2) is 61.1 Å². The van der Waals surface area contributed by atoms with E-state index in [1.165, 1.54) is 19.3 Å². The maximum atomic E-state index is 13.3. The normalized spacial score (nSPS) is 14.3. The number of carbonyl (C=O) groups is 1. The van der Waals surface area contributed by atoms with Crippen LogP contribution in [0.2, 0.25) is 0 Å². The van der Waals surface area contributed by atoms with Gasteiger partial charge >= 0.3 is 0 Å². The van der Waals surface area contributed by atoms with Gasteiger partial charge in [0.2, 0.25) is 0 Å². The van der Waals surface area contributed by atoms with Gasteiger partial charge in [-0.2, -0.15) is 0 Å². The number of nitrogens with zero attached hydrogens (tertiary/aromatic N) is 4. The number of likely N-dealkylation sites (tertiary alicyclic amines) is 1. The number of amides is 1. The summed E-state index contributed by atoms with van der Waals surface area (Å²) in [6, 6.07) is 13.7. The highest BCUT2D eigenvalue weighted by Crippen LogP contribution is 2.29. The molecule has 0 bridgehead atoms.